The van der Waals surface area contributed by atoms with E-state index in [9.17, 15) is 17.6 Å². The van der Waals surface area contributed by atoms with E-state index in [2.05, 4.69) is 14.8 Å². The Bertz CT molecular complexity index is 1700. The summed E-state index contributed by atoms with van der Waals surface area (Å²) < 4.78 is 75.4. The minimum absolute atomic E-state index is 0.0184. The number of carbonyl (C=O) groups is 1. The number of rotatable bonds is 12. The number of ether oxygens (including phenoxy) is 3. The van der Waals surface area contributed by atoms with Crippen molar-refractivity contribution in [1.82, 2.24) is 14.8 Å². The van der Waals surface area contributed by atoms with Gasteiger partial charge in [0.2, 0.25) is 5.88 Å². The number of pyridine rings is 1. The van der Waals surface area contributed by atoms with Gasteiger partial charge < -0.3 is 14.2 Å². The van der Waals surface area contributed by atoms with Crippen LogP contribution in [0.5, 0.6) is 11.6 Å². The van der Waals surface area contributed by atoms with E-state index in [1.54, 1.807) is 30.8 Å². The van der Waals surface area contributed by atoms with Gasteiger partial charge >= 0.3 is 5.97 Å². The van der Waals surface area contributed by atoms with Crippen LogP contribution < -0.4 is 14.2 Å². The number of aromatic nitrogens is 3. The third-order valence-corrected chi connectivity index (χ3v) is 7.74. The molecule has 2 aromatic carbocycles. The highest BCUT2D eigenvalue weighted by Crippen LogP contribution is 2.29. The van der Waals surface area contributed by atoms with Crippen LogP contribution in [0.25, 0.3) is 0 Å². The molecule has 222 valence electrons. The predicted octanol–water partition coefficient (Wildman–Crippen LogP) is 5.04. The Morgan fingerprint density at radius 1 is 1.05 bits per heavy atom. The number of carbonyl (C=O) groups excluding carboxylic acids is 1. The van der Waals surface area contributed by atoms with Gasteiger partial charge in [0, 0.05) is 17.5 Å². The van der Waals surface area contributed by atoms with Crippen LogP contribution >= 0.6 is 11.6 Å². The molecule has 0 radical (unpaired) electrons. The van der Waals surface area contributed by atoms with Crippen molar-refractivity contribution in [3.8, 4) is 11.6 Å². The first-order valence-corrected chi connectivity index (χ1v) is 14.5. The largest absolute Gasteiger partial charge is 0.497 e. The van der Waals surface area contributed by atoms with Crippen LogP contribution in [0.2, 0.25) is 5.02 Å². The van der Waals surface area contributed by atoms with Crippen LogP contribution in [-0.2, 0) is 34.1 Å². The van der Waals surface area contributed by atoms with E-state index in [1.807, 2.05) is 12.1 Å². The van der Waals surface area contributed by atoms with E-state index in [0.717, 1.165) is 23.8 Å². The maximum atomic E-state index is 15.5. The number of aryl methyl sites for hydroxylation is 1. The van der Waals surface area contributed by atoms with Gasteiger partial charge in [-0.15, -0.1) is 0 Å². The maximum absolute atomic E-state index is 15.5. The summed E-state index contributed by atoms with van der Waals surface area (Å²) in [6.45, 7) is 2.08. The Hall–Kier alpha value is -4.23. The van der Waals surface area contributed by atoms with Crippen molar-refractivity contribution in [3.63, 3.8) is 0 Å². The topological polar surface area (TPSA) is 122 Å². The number of esters is 1. The average Bonchev–Trinajstić information content (AvgIpc) is 3.37. The summed E-state index contributed by atoms with van der Waals surface area (Å²) >= 11 is 5.90. The van der Waals surface area contributed by atoms with Gasteiger partial charge in [-0.2, -0.15) is 5.10 Å². The summed E-state index contributed by atoms with van der Waals surface area (Å²) in [7, 11) is -1.64. The first kappa shape index (κ1) is 30.7. The first-order valence-electron chi connectivity index (χ1n) is 12.6. The van der Waals surface area contributed by atoms with Gasteiger partial charge in [0.25, 0.3) is 10.0 Å². The molecule has 0 aliphatic carbocycles. The van der Waals surface area contributed by atoms with Crippen molar-refractivity contribution in [1.29, 1.82) is 0 Å². The van der Waals surface area contributed by atoms with Gasteiger partial charge in [0.1, 0.15) is 11.6 Å². The molecule has 0 saturated heterocycles. The molecule has 2 aromatic heterocycles. The van der Waals surface area contributed by atoms with Gasteiger partial charge in [-0.25, -0.2) is 27.0 Å². The lowest BCUT2D eigenvalue weighted by Crippen LogP contribution is -2.17. The zero-order chi connectivity index (χ0) is 30.4. The number of hydrogen-bond donors (Lipinski definition) is 1. The molecule has 42 heavy (non-hydrogen) atoms. The van der Waals surface area contributed by atoms with E-state index in [4.69, 9.17) is 25.8 Å². The van der Waals surface area contributed by atoms with Crippen molar-refractivity contribution in [2.45, 2.75) is 31.2 Å². The molecule has 0 amide bonds. The van der Waals surface area contributed by atoms with Gasteiger partial charge in [0.15, 0.2) is 16.4 Å². The number of benzene rings is 2. The van der Waals surface area contributed by atoms with Crippen LogP contribution in [0, 0.1) is 11.6 Å². The van der Waals surface area contributed by atoms with Gasteiger partial charge in [-0.3, -0.25) is 9.40 Å². The van der Waals surface area contributed by atoms with Crippen LogP contribution in [0.3, 0.4) is 0 Å². The monoisotopic (exact) mass is 620 g/mol. The second-order valence-electron chi connectivity index (χ2n) is 8.90. The molecule has 2 heterocycles. The molecule has 14 heteroatoms. The molecule has 0 fully saturated rings. The zero-order valence-electron chi connectivity index (χ0n) is 22.9. The van der Waals surface area contributed by atoms with E-state index in [1.165, 1.54) is 19.4 Å². The normalized spacial score (nSPS) is 11.3. The van der Waals surface area contributed by atoms with Gasteiger partial charge in [0.05, 0.1) is 38.1 Å². The summed E-state index contributed by atoms with van der Waals surface area (Å²) in [6.07, 6.45) is 1.09. The lowest BCUT2D eigenvalue weighted by molar-refractivity contribution is 0.0518. The van der Waals surface area contributed by atoms with E-state index >= 15 is 4.39 Å². The standard InChI is InChI=1S/C28H27ClF2N4O6S/c1-4-41-28(36)24-14-19(35(33-24)16-17-5-8-20(39-2)9-6-17)7-10-21-22(30)11-12-23(26(21)31)34-42(37,38)25-13-18(29)15-32-27(25)40-3/h5-6,8-9,11-15,34H,4,7,10,16H2,1-3H3. The summed E-state index contributed by atoms with van der Waals surface area (Å²) in [5.74, 6) is -2.19. The molecule has 0 bridgehead atoms. The summed E-state index contributed by atoms with van der Waals surface area (Å²) in [5, 5.41) is 4.37. The molecular weight excluding hydrogens is 594 g/mol. The average molecular weight is 621 g/mol. The van der Waals surface area contributed by atoms with E-state index < -0.39 is 38.2 Å². The van der Waals surface area contributed by atoms with Crippen LogP contribution in [0.1, 0.15) is 34.2 Å². The van der Waals surface area contributed by atoms with Gasteiger partial charge in [-0.1, -0.05) is 23.7 Å². The predicted molar refractivity (Wildman–Crippen MR) is 151 cm³/mol. The van der Waals surface area contributed by atoms with Crippen molar-refractivity contribution >= 4 is 33.3 Å². The summed E-state index contributed by atoms with van der Waals surface area (Å²) in [4.78, 5) is 15.8. The van der Waals surface area contributed by atoms with Crippen molar-refractivity contribution in [2.24, 2.45) is 0 Å². The molecule has 4 aromatic rings. The number of sulfonamides is 1. The molecule has 4 rings (SSSR count). The summed E-state index contributed by atoms with van der Waals surface area (Å²) in [6, 6.07) is 11.7. The Morgan fingerprint density at radius 2 is 1.79 bits per heavy atom. The lowest BCUT2D eigenvalue weighted by Gasteiger charge is -2.14. The number of methoxy groups -OCH3 is 2. The van der Waals surface area contributed by atoms with Crippen molar-refractivity contribution in [3.05, 3.63) is 93.9 Å². The van der Waals surface area contributed by atoms with Crippen LogP contribution in [-0.4, -0.2) is 50.0 Å². The highest BCUT2D eigenvalue weighted by atomic mass is 35.5. The second-order valence-corrected chi connectivity index (χ2v) is 11.0. The number of nitrogens with one attached hydrogen (secondary N) is 1. The maximum Gasteiger partial charge on any atom is 0.358 e. The Balaban J connectivity index is 1.62. The minimum Gasteiger partial charge on any atom is -0.497 e. The van der Waals surface area contributed by atoms with Crippen LogP contribution in [0.15, 0.2) is 59.6 Å². The fourth-order valence-electron chi connectivity index (χ4n) is 4.11. The highest BCUT2D eigenvalue weighted by molar-refractivity contribution is 7.92. The Labute approximate surface area is 246 Å². The quantitative estimate of drug-likeness (QED) is 0.219. The third-order valence-electron chi connectivity index (χ3n) is 6.17. The molecule has 0 aliphatic rings. The smallest absolute Gasteiger partial charge is 0.358 e. The fourth-order valence-corrected chi connectivity index (χ4v) is 5.54. The number of hydrogen-bond acceptors (Lipinski definition) is 8. The molecule has 10 nitrogen and oxygen atoms in total. The Morgan fingerprint density at radius 3 is 2.45 bits per heavy atom. The first-order chi connectivity index (χ1) is 20.1. The third kappa shape index (κ3) is 6.97. The minimum atomic E-state index is -4.41. The highest BCUT2D eigenvalue weighted by Gasteiger charge is 2.25. The molecule has 0 spiro atoms. The zero-order valence-corrected chi connectivity index (χ0v) is 24.4. The second kappa shape index (κ2) is 13.2. The molecule has 0 aliphatic heterocycles. The number of anilines is 1. The van der Waals surface area contributed by atoms with E-state index in [-0.39, 0.29) is 48.2 Å². The van der Waals surface area contributed by atoms with Gasteiger partial charge in [-0.05, 0) is 61.7 Å². The molecule has 1 N–H and O–H groups in total. The van der Waals surface area contributed by atoms with Crippen LogP contribution in [0.4, 0.5) is 14.5 Å². The van der Waals surface area contributed by atoms with Crippen molar-refractivity contribution < 1.29 is 36.2 Å². The SMILES string of the molecule is CCOC(=O)c1cc(CCc2c(F)ccc(NS(=O)(=O)c3cc(Cl)cnc3OC)c2F)n(Cc2ccc(OC)cc2)n1. The molecule has 0 saturated carbocycles. The summed E-state index contributed by atoms with van der Waals surface area (Å²) in [5.41, 5.74) is 0.559. The fraction of sp³-hybridized carbons (Fsp3) is 0.250. The number of halogens is 3. The van der Waals surface area contributed by atoms with E-state index in [0.29, 0.717) is 11.4 Å². The Kier molecular flexibility index (Phi) is 9.63. The molecule has 0 unspecified atom stereocenters. The molecular formula is C28H27ClF2N4O6S. The van der Waals surface area contributed by atoms with Crippen molar-refractivity contribution in [2.75, 3.05) is 25.5 Å². The lowest BCUT2D eigenvalue weighted by atomic mass is 10.1. The molecule has 0 atom stereocenters. The number of nitrogens with zero attached hydrogens (tertiary/aromatic N) is 3.